The third-order valence-corrected chi connectivity index (χ3v) is 8.41. The number of amides is 1. The maximum absolute atomic E-state index is 12.8. The third kappa shape index (κ3) is 4.77. The standard InChI is InChI=1S/C27H25N5O4S/c33-27(21-13-25-24(29-15-21)17-36-9-10-37(25,34)35)30-16-22-12-20-11-18(5-6-19(20)14-28-22)23-3-1-4-26(31-23)32-7-2-8-32/h1,3-6,11-15H,2,7-10,16-17H2,(H,30,33). The van der Waals surface area contributed by atoms with E-state index in [1.54, 1.807) is 6.20 Å². The van der Waals surface area contributed by atoms with Gasteiger partial charge in [-0.2, -0.15) is 0 Å². The first-order valence-corrected chi connectivity index (χ1v) is 13.8. The number of nitrogens with one attached hydrogen (secondary N) is 1. The molecule has 0 atom stereocenters. The quantitative estimate of drug-likeness (QED) is 0.431. The molecule has 1 amide bonds. The Labute approximate surface area is 214 Å². The summed E-state index contributed by atoms with van der Waals surface area (Å²) in [6, 6.07) is 15.5. The fourth-order valence-electron chi connectivity index (χ4n) is 4.44. The van der Waals surface area contributed by atoms with Gasteiger partial charge in [0.25, 0.3) is 5.91 Å². The molecule has 0 saturated carbocycles. The molecule has 1 N–H and O–H groups in total. The van der Waals surface area contributed by atoms with Crippen LogP contribution in [0.5, 0.6) is 0 Å². The van der Waals surface area contributed by atoms with Crippen LogP contribution in [0.1, 0.15) is 28.2 Å². The Balaban J connectivity index is 1.20. The van der Waals surface area contributed by atoms with Crippen LogP contribution in [0.15, 0.2) is 65.8 Å². The fourth-order valence-corrected chi connectivity index (χ4v) is 5.78. The van der Waals surface area contributed by atoms with Crippen molar-refractivity contribution in [2.24, 2.45) is 0 Å². The Bertz CT molecular complexity index is 1620. The van der Waals surface area contributed by atoms with Gasteiger partial charge in [-0.3, -0.25) is 14.8 Å². The number of carbonyl (C=O) groups is 1. The fraction of sp³-hybridized carbons (Fsp3) is 0.259. The predicted octanol–water partition coefficient (Wildman–Crippen LogP) is 3.14. The van der Waals surface area contributed by atoms with Gasteiger partial charge in [0.2, 0.25) is 0 Å². The number of anilines is 1. The number of carbonyl (C=O) groups excluding carboxylic acids is 1. The van der Waals surface area contributed by atoms with Gasteiger partial charge in [-0.05, 0) is 42.1 Å². The van der Waals surface area contributed by atoms with Crippen LogP contribution in [0.4, 0.5) is 5.82 Å². The first kappa shape index (κ1) is 23.5. The van der Waals surface area contributed by atoms with Crippen molar-refractivity contribution in [3.8, 4) is 11.3 Å². The molecule has 1 saturated heterocycles. The van der Waals surface area contributed by atoms with Crippen LogP contribution >= 0.6 is 0 Å². The predicted molar refractivity (Wildman–Crippen MR) is 139 cm³/mol. The van der Waals surface area contributed by atoms with E-state index >= 15 is 0 Å². The summed E-state index contributed by atoms with van der Waals surface area (Å²) in [6.45, 7) is 2.49. The molecule has 5 heterocycles. The summed E-state index contributed by atoms with van der Waals surface area (Å²) in [7, 11) is -3.55. The Morgan fingerprint density at radius 3 is 2.76 bits per heavy atom. The molecule has 10 heteroatoms. The molecule has 0 aliphatic carbocycles. The van der Waals surface area contributed by atoms with Gasteiger partial charge < -0.3 is 15.0 Å². The Morgan fingerprint density at radius 2 is 1.92 bits per heavy atom. The summed E-state index contributed by atoms with van der Waals surface area (Å²) in [5.74, 6) is 0.446. The van der Waals surface area contributed by atoms with Crippen molar-refractivity contribution >= 4 is 32.3 Å². The van der Waals surface area contributed by atoms with Gasteiger partial charge in [0.05, 0.1) is 53.1 Å². The lowest BCUT2D eigenvalue weighted by Crippen LogP contribution is -2.37. The first-order chi connectivity index (χ1) is 18.0. The minimum Gasteiger partial charge on any atom is -0.374 e. The number of rotatable bonds is 5. The van der Waals surface area contributed by atoms with E-state index in [2.05, 4.69) is 26.3 Å². The maximum atomic E-state index is 12.8. The highest BCUT2D eigenvalue weighted by Crippen LogP contribution is 2.27. The van der Waals surface area contributed by atoms with Gasteiger partial charge in [-0.25, -0.2) is 13.4 Å². The number of pyridine rings is 3. The smallest absolute Gasteiger partial charge is 0.253 e. The highest BCUT2D eigenvalue weighted by atomic mass is 32.2. The maximum Gasteiger partial charge on any atom is 0.253 e. The van der Waals surface area contributed by atoms with Crippen molar-refractivity contribution in [2.75, 3.05) is 30.3 Å². The van der Waals surface area contributed by atoms with Crippen LogP contribution < -0.4 is 10.2 Å². The zero-order chi connectivity index (χ0) is 25.4. The van der Waals surface area contributed by atoms with E-state index in [4.69, 9.17) is 9.72 Å². The minimum absolute atomic E-state index is 0.0563. The molecule has 6 rings (SSSR count). The van der Waals surface area contributed by atoms with Crippen molar-refractivity contribution in [3.05, 3.63) is 77.9 Å². The van der Waals surface area contributed by atoms with Gasteiger partial charge in [-0.1, -0.05) is 18.2 Å². The van der Waals surface area contributed by atoms with Crippen LogP contribution in [0.2, 0.25) is 0 Å². The first-order valence-electron chi connectivity index (χ1n) is 12.1. The molecule has 0 unspecified atom stereocenters. The molecular weight excluding hydrogens is 490 g/mol. The van der Waals surface area contributed by atoms with E-state index in [0.29, 0.717) is 11.4 Å². The molecule has 37 heavy (non-hydrogen) atoms. The molecular formula is C27H25N5O4S. The Morgan fingerprint density at radius 1 is 1.03 bits per heavy atom. The largest absolute Gasteiger partial charge is 0.374 e. The van der Waals surface area contributed by atoms with Crippen LogP contribution in [0, 0.1) is 0 Å². The average molecular weight is 516 g/mol. The lowest BCUT2D eigenvalue weighted by Gasteiger charge is -2.32. The van der Waals surface area contributed by atoms with Crippen LogP contribution in [-0.4, -0.2) is 54.7 Å². The molecule has 1 fully saturated rings. The lowest BCUT2D eigenvalue weighted by molar-refractivity contribution is 0.0949. The summed E-state index contributed by atoms with van der Waals surface area (Å²) in [5.41, 5.74) is 3.11. The molecule has 2 aliphatic rings. The van der Waals surface area contributed by atoms with Gasteiger partial charge in [0.1, 0.15) is 5.82 Å². The molecule has 3 aromatic heterocycles. The summed E-state index contributed by atoms with van der Waals surface area (Å²) in [6.07, 6.45) is 4.35. The van der Waals surface area contributed by atoms with Crippen LogP contribution in [0.25, 0.3) is 22.0 Å². The highest BCUT2D eigenvalue weighted by molar-refractivity contribution is 7.91. The minimum atomic E-state index is -3.55. The zero-order valence-corrected chi connectivity index (χ0v) is 20.9. The molecule has 188 valence electrons. The van der Waals surface area contributed by atoms with Crippen molar-refractivity contribution < 1.29 is 17.9 Å². The Hall–Kier alpha value is -3.89. The average Bonchev–Trinajstić information content (AvgIpc) is 3.03. The van der Waals surface area contributed by atoms with Crippen LogP contribution in [-0.2, 0) is 27.7 Å². The number of hydrogen-bond acceptors (Lipinski definition) is 8. The van der Waals surface area contributed by atoms with Crippen molar-refractivity contribution in [1.29, 1.82) is 0 Å². The summed E-state index contributed by atoms with van der Waals surface area (Å²) in [5, 5.41) is 4.80. The normalized spacial score (nSPS) is 16.5. The summed E-state index contributed by atoms with van der Waals surface area (Å²) in [4.78, 5) is 28.6. The second-order valence-corrected chi connectivity index (χ2v) is 11.3. The van der Waals surface area contributed by atoms with Gasteiger partial charge >= 0.3 is 0 Å². The molecule has 0 radical (unpaired) electrons. The van der Waals surface area contributed by atoms with E-state index in [1.807, 2.05) is 36.4 Å². The highest BCUT2D eigenvalue weighted by Gasteiger charge is 2.25. The summed E-state index contributed by atoms with van der Waals surface area (Å²) < 4.78 is 30.3. The Kier molecular flexibility index (Phi) is 6.05. The van der Waals surface area contributed by atoms with E-state index in [1.165, 1.54) is 18.7 Å². The monoisotopic (exact) mass is 515 g/mol. The second-order valence-electron chi connectivity index (χ2n) is 9.18. The second kappa shape index (κ2) is 9.53. The van der Waals surface area contributed by atoms with Gasteiger partial charge in [0, 0.05) is 36.4 Å². The van der Waals surface area contributed by atoms with E-state index < -0.39 is 15.7 Å². The van der Waals surface area contributed by atoms with Crippen LogP contribution in [0.3, 0.4) is 0 Å². The number of ether oxygens (including phenoxy) is 1. The molecule has 2 aliphatic heterocycles. The zero-order valence-electron chi connectivity index (χ0n) is 20.1. The lowest BCUT2D eigenvalue weighted by atomic mass is 10.1. The molecule has 9 nitrogen and oxygen atoms in total. The van der Waals surface area contributed by atoms with Gasteiger partial charge in [0.15, 0.2) is 9.84 Å². The van der Waals surface area contributed by atoms with E-state index in [9.17, 15) is 13.2 Å². The topological polar surface area (TPSA) is 114 Å². The molecule has 0 bridgehead atoms. The molecule has 1 aromatic carbocycles. The number of aromatic nitrogens is 3. The number of benzene rings is 1. The van der Waals surface area contributed by atoms with Gasteiger partial charge in [-0.15, -0.1) is 0 Å². The summed E-state index contributed by atoms with van der Waals surface area (Å²) >= 11 is 0. The van der Waals surface area contributed by atoms with E-state index in [-0.39, 0.29) is 36.0 Å². The van der Waals surface area contributed by atoms with Crippen molar-refractivity contribution in [2.45, 2.75) is 24.5 Å². The SMILES string of the molecule is O=C(NCc1cc2cc(-c3cccc(N4CCC4)n3)ccc2cn1)c1cnc2c(c1)S(=O)(=O)CCOC2. The third-order valence-electron chi connectivity index (χ3n) is 6.68. The van der Waals surface area contributed by atoms with Crippen molar-refractivity contribution in [1.82, 2.24) is 20.3 Å². The molecule has 0 spiro atoms. The number of hydrogen-bond donors (Lipinski definition) is 1. The number of sulfone groups is 1. The van der Waals surface area contributed by atoms with Crippen molar-refractivity contribution in [3.63, 3.8) is 0 Å². The van der Waals surface area contributed by atoms with E-state index in [0.717, 1.165) is 40.9 Å². The number of fused-ring (bicyclic) bond motifs is 2. The number of nitrogens with zero attached hydrogens (tertiary/aromatic N) is 4. The molecule has 4 aromatic rings.